The molecule has 0 fully saturated rings. The maximum Gasteiger partial charge on any atom is 0.262 e. The first kappa shape index (κ1) is 16.9. The number of hydrogen-bond donors (Lipinski definition) is 0. The van der Waals surface area contributed by atoms with Gasteiger partial charge in [-0.05, 0) is 44.5 Å². The van der Waals surface area contributed by atoms with Gasteiger partial charge in [0.05, 0.1) is 5.69 Å². The number of allylic oxidation sites excluding steroid dienone is 2. The standard InChI is InChI=1S/C22H23N2OS/c1-4-23-17-10-6-8-12-19(17)25-21(23)14-16(3)15-22-24(5-2)18-11-7-9-13-20(18)26-22/h6-15H,4-5H2,1-3H3/q+1. The fourth-order valence-corrected chi connectivity index (χ4v) is 4.64. The maximum atomic E-state index is 6.08. The van der Waals surface area contributed by atoms with Gasteiger partial charge in [0.2, 0.25) is 11.4 Å². The number of ether oxygens (including phenoxy) is 1. The van der Waals surface area contributed by atoms with Crippen LogP contribution in [0.15, 0.2) is 66.1 Å². The molecule has 1 aliphatic heterocycles. The normalized spacial score (nSPS) is 15.6. The van der Waals surface area contributed by atoms with Gasteiger partial charge in [-0.1, -0.05) is 35.6 Å². The molecule has 4 rings (SSSR count). The van der Waals surface area contributed by atoms with E-state index >= 15 is 0 Å². The second kappa shape index (κ2) is 6.96. The highest BCUT2D eigenvalue weighted by atomic mass is 32.1. The van der Waals surface area contributed by atoms with Crippen LogP contribution in [0.1, 0.15) is 25.8 Å². The van der Waals surface area contributed by atoms with Gasteiger partial charge in [-0.15, -0.1) is 0 Å². The zero-order chi connectivity index (χ0) is 18.1. The summed E-state index contributed by atoms with van der Waals surface area (Å²) in [6.07, 6.45) is 4.38. The highest BCUT2D eigenvalue weighted by Crippen LogP contribution is 2.38. The minimum Gasteiger partial charge on any atom is -0.439 e. The Labute approximate surface area is 158 Å². The number of thiazole rings is 1. The molecular formula is C22H23N2OS+. The lowest BCUT2D eigenvalue weighted by atomic mass is 10.2. The highest BCUT2D eigenvalue weighted by Gasteiger charge is 2.24. The monoisotopic (exact) mass is 363 g/mol. The number of benzene rings is 2. The molecule has 4 heteroatoms. The van der Waals surface area contributed by atoms with Crippen LogP contribution >= 0.6 is 11.3 Å². The first-order valence-corrected chi connectivity index (χ1v) is 9.88. The Morgan fingerprint density at radius 3 is 2.69 bits per heavy atom. The maximum absolute atomic E-state index is 6.08. The Kier molecular flexibility index (Phi) is 4.51. The van der Waals surface area contributed by atoms with Crippen molar-refractivity contribution in [3.63, 3.8) is 0 Å². The molecule has 0 amide bonds. The number of hydrogen-bond acceptors (Lipinski definition) is 3. The predicted octanol–water partition coefficient (Wildman–Crippen LogP) is 5.37. The third kappa shape index (κ3) is 2.90. The van der Waals surface area contributed by atoms with Crippen LogP contribution in [0, 0.1) is 0 Å². The van der Waals surface area contributed by atoms with E-state index in [0.29, 0.717) is 0 Å². The largest absolute Gasteiger partial charge is 0.439 e. The molecule has 2 aromatic carbocycles. The zero-order valence-electron chi connectivity index (χ0n) is 15.4. The van der Waals surface area contributed by atoms with Crippen LogP contribution in [0.25, 0.3) is 16.3 Å². The molecule has 132 valence electrons. The summed E-state index contributed by atoms with van der Waals surface area (Å²) in [7, 11) is 0. The van der Waals surface area contributed by atoms with Crippen LogP contribution in [0.2, 0.25) is 0 Å². The van der Waals surface area contributed by atoms with E-state index in [0.717, 1.165) is 30.4 Å². The average molecular weight is 364 g/mol. The van der Waals surface area contributed by atoms with E-state index in [1.807, 2.05) is 23.5 Å². The molecule has 1 aliphatic rings. The summed E-state index contributed by atoms with van der Waals surface area (Å²) >= 11 is 1.83. The van der Waals surface area contributed by atoms with Crippen LogP contribution in [0.4, 0.5) is 5.69 Å². The number of para-hydroxylation sites is 3. The van der Waals surface area contributed by atoms with E-state index in [9.17, 15) is 0 Å². The second-order valence-corrected chi connectivity index (χ2v) is 7.40. The Morgan fingerprint density at radius 2 is 1.88 bits per heavy atom. The van der Waals surface area contributed by atoms with E-state index < -0.39 is 0 Å². The second-order valence-electron chi connectivity index (χ2n) is 6.34. The molecule has 0 saturated carbocycles. The Hall–Kier alpha value is -2.59. The molecule has 0 aliphatic carbocycles. The molecule has 0 N–H and O–H groups in total. The van der Waals surface area contributed by atoms with Gasteiger partial charge >= 0.3 is 0 Å². The fourth-order valence-electron chi connectivity index (χ4n) is 3.40. The van der Waals surface area contributed by atoms with Gasteiger partial charge in [-0.25, -0.2) is 0 Å². The summed E-state index contributed by atoms with van der Waals surface area (Å²) in [6, 6.07) is 16.8. The summed E-state index contributed by atoms with van der Waals surface area (Å²) in [6.45, 7) is 8.32. The van der Waals surface area contributed by atoms with Gasteiger partial charge in [-0.2, -0.15) is 4.57 Å². The third-order valence-corrected chi connectivity index (χ3v) is 5.72. The van der Waals surface area contributed by atoms with E-state index in [1.54, 1.807) is 0 Å². The first-order valence-electron chi connectivity index (χ1n) is 9.07. The fraction of sp³-hybridized carbons (Fsp3) is 0.227. The van der Waals surface area contributed by atoms with Crippen molar-refractivity contribution < 1.29 is 9.30 Å². The SMILES string of the molecule is CCN1/C(=C/C(C)=C/c2sc3ccccc3[n+]2CC)Oc2ccccc21. The number of fused-ring (bicyclic) bond motifs is 2. The van der Waals surface area contributed by atoms with Crippen LogP contribution in [0.3, 0.4) is 0 Å². The molecule has 0 radical (unpaired) electrons. The van der Waals surface area contributed by atoms with E-state index in [4.69, 9.17) is 4.74 Å². The smallest absolute Gasteiger partial charge is 0.262 e. The molecule has 0 spiro atoms. The zero-order valence-corrected chi connectivity index (χ0v) is 16.2. The summed E-state index contributed by atoms with van der Waals surface area (Å²) < 4.78 is 9.76. The summed E-state index contributed by atoms with van der Waals surface area (Å²) in [5.74, 6) is 1.82. The Morgan fingerprint density at radius 1 is 1.12 bits per heavy atom. The van der Waals surface area contributed by atoms with Crippen molar-refractivity contribution >= 4 is 33.3 Å². The summed E-state index contributed by atoms with van der Waals surface area (Å²) in [4.78, 5) is 2.21. The van der Waals surface area contributed by atoms with Crippen LogP contribution < -0.4 is 14.2 Å². The predicted molar refractivity (Wildman–Crippen MR) is 110 cm³/mol. The average Bonchev–Trinajstić information content (AvgIpc) is 3.17. The minimum absolute atomic E-state index is 0.883. The molecule has 2 heterocycles. The van der Waals surface area contributed by atoms with E-state index in [2.05, 4.69) is 78.8 Å². The molecule has 3 nitrogen and oxygen atoms in total. The lowest BCUT2D eigenvalue weighted by Crippen LogP contribution is -2.33. The number of anilines is 1. The van der Waals surface area contributed by atoms with Crippen LogP contribution in [0.5, 0.6) is 5.75 Å². The van der Waals surface area contributed by atoms with Crippen molar-refractivity contribution in [3.8, 4) is 5.75 Å². The van der Waals surface area contributed by atoms with E-state index in [1.165, 1.54) is 20.8 Å². The third-order valence-electron chi connectivity index (χ3n) is 4.61. The van der Waals surface area contributed by atoms with Gasteiger partial charge in [0, 0.05) is 24.8 Å². The van der Waals surface area contributed by atoms with Gasteiger partial charge < -0.3 is 9.64 Å². The Bertz CT molecular complexity index is 1020. The number of aromatic nitrogens is 1. The molecule has 1 aromatic heterocycles. The summed E-state index contributed by atoms with van der Waals surface area (Å²) in [5, 5.41) is 1.27. The van der Waals surface area contributed by atoms with Crippen molar-refractivity contribution in [2.75, 3.05) is 11.4 Å². The van der Waals surface area contributed by atoms with Crippen molar-refractivity contribution in [3.05, 3.63) is 71.1 Å². The van der Waals surface area contributed by atoms with Crippen molar-refractivity contribution in [2.24, 2.45) is 0 Å². The molecule has 26 heavy (non-hydrogen) atoms. The number of nitrogens with zero attached hydrogens (tertiary/aromatic N) is 2. The van der Waals surface area contributed by atoms with Gasteiger partial charge in [-0.3, -0.25) is 0 Å². The number of rotatable bonds is 4. The minimum atomic E-state index is 0.883. The summed E-state index contributed by atoms with van der Waals surface area (Å²) in [5.41, 5.74) is 3.62. The molecular weight excluding hydrogens is 340 g/mol. The van der Waals surface area contributed by atoms with Crippen molar-refractivity contribution in [1.82, 2.24) is 0 Å². The van der Waals surface area contributed by atoms with Crippen molar-refractivity contribution in [2.45, 2.75) is 27.3 Å². The molecule has 0 saturated heterocycles. The van der Waals surface area contributed by atoms with Gasteiger partial charge in [0.25, 0.3) is 5.01 Å². The molecule has 0 unspecified atom stereocenters. The number of aryl methyl sites for hydroxylation is 1. The van der Waals surface area contributed by atoms with Crippen LogP contribution in [-0.2, 0) is 6.54 Å². The van der Waals surface area contributed by atoms with E-state index in [-0.39, 0.29) is 0 Å². The Balaban J connectivity index is 1.70. The molecule has 0 atom stereocenters. The topological polar surface area (TPSA) is 16.4 Å². The quantitative estimate of drug-likeness (QED) is 0.579. The van der Waals surface area contributed by atoms with Gasteiger partial charge in [0.15, 0.2) is 5.75 Å². The molecule has 3 aromatic rings. The lowest BCUT2D eigenvalue weighted by Gasteiger charge is -2.15. The van der Waals surface area contributed by atoms with Crippen LogP contribution in [-0.4, -0.2) is 6.54 Å². The first-order chi connectivity index (χ1) is 12.7. The lowest BCUT2D eigenvalue weighted by molar-refractivity contribution is -0.665. The highest BCUT2D eigenvalue weighted by molar-refractivity contribution is 7.18. The van der Waals surface area contributed by atoms with Crippen molar-refractivity contribution in [1.29, 1.82) is 0 Å². The van der Waals surface area contributed by atoms with Gasteiger partial charge in [0.1, 0.15) is 11.2 Å². The molecule has 0 bridgehead atoms.